The highest BCUT2D eigenvalue weighted by Crippen LogP contribution is 1.97. The van der Waals surface area contributed by atoms with Crippen molar-refractivity contribution in [3.05, 3.63) is 24.5 Å². The Hall–Kier alpha value is -1.25. The first-order chi connectivity index (χ1) is 3.79. The van der Waals surface area contributed by atoms with Gasteiger partial charge in [-0.3, -0.25) is 0 Å². The summed E-state index contributed by atoms with van der Waals surface area (Å²) in [7, 11) is 0. The molecule has 1 radical (unpaired) electrons. The first-order valence-electron chi connectivity index (χ1n) is 2.17. The first kappa shape index (κ1) is 4.90. The lowest BCUT2D eigenvalue weighted by atomic mass is 10.5. The SMILES string of the molecule is N[n+]1[c]c(O)ccc1. The van der Waals surface area contributed by atoms with Crippen molar-refractivity contribution in [3.8, 4) is 5.75 Å². The second kappa shape index (κ2) is 1.69. The summed E-state index contributed by atoms with van der Waals surface area (Å²) in [6.45, 7) is 0. The number of hydrogen-bond acceptors (Lipinski definition) is 2. The van der Waals surface area contributed by atoms with Gasteiger partial charge >= 0.3 is 6.20 Å². The zero-order valence-corrected chi connectivity index (χ0v) is 4.20. The summed E-state index contributed by atoms with van der Waals surface area (Å²) in [5.41, 5.74) is 0. The highest BCUT2D eigenvalue weighted by Gasteiger charge is 1.94. The minimum absolute atomic E-state index is 0.0509. The quantitative estimate of drug-likeness (QED) is 0.339. The van der Waals surface area contributed by atoms with Gasteiger partial charge in [0.25, 0.3) is 0 Å². The maximum atomic E-state index is 8.66. The molecule has 0 aromatic carbocycles. The molecule has 0 saturated carbocycles. The lowest BCUT2D eigenvalue weighted by Crippen LogP contribution is -2.43. The topological polar surface area (TPSA) is 50.1 Å². The van der Waals surface area contributed by atoms with E-state index in [0.29, 0.717) is 0 Å². The van der Waals surface area contributed by atoms with Crippen LogP contribution in [0.25, 0.3) is 0 Å². The molecule has 0 saturated heterocycles. The van der Waals surface area contributed by atoms with Crippen molar-refractivity contribution < 1.29 is 9.78 Å². The van der Waals surface area contributed by atoms with E-state index in [4.69, 9.17) is 10.9 Å². The summed E-state index contributed by atoms with van der Waals surface area (Å²) in [5, 5.41) is 8.66. The van der Waals surface area contributed by atoms with Gasteiger partial charge in [0.1, 0.15) is 0 Å². The van der Waals surface area contributed by atoms with Crippen LogP contribution in [0.5, 0.6) is 5.75 Å². The van der Waals surface area contributed by atoms with Crippen LogP contribution >= 0.6 is 0 Å². The Morgan fingerprint density at radius 2 is 2.50 bits per heavy atom. The largest absolute Gasteiger partial charge is 0.502 e. The summed E-state index contributed by atoms with van der Waals surface area (Å²) in [6, 6.07) is 3.13. The Balaban J connectivity index is 3.08. The van der Waals surface area contributed by atoms with Crippen molar-refractivity contribution in [3.63, 3.8) is 0 Å². The van der Waals surface area contributed by atoms with E-state index in [-0.39, 0.29) is 5.75 Å². The third-order valence-electron chi connectivity index (χ3n) is 0.744. The van der Waals surface area contributed by atoms with E-state index >= 15 is 0 Å². The number of hydrogen-bond donors (Lipinski definition) is 2. The van der Waals surface area contributed by atoms with Crippen molar-refractivity contribution in [2.24, 2.45) is 0 Å². The van der Waals surface area contributed by atoms with Crippen molar-refractivity contribution in [1.29, 1.82) is 0 Å². The fraction of sp³-hybridized carbons (Fsp3) is 0. The van der Waals surface area contributed by atoms with Crippen LogP contribution in [0.1, 0.15) is 0 Å². The zero-order chi connectivity index (χ0) is 5.98. The molecule has 1 aromatic rings. The van der Waals surface area contributed by atoms with E-state index < -0.39 is 0 Å². The van der Waals surface area contributed by atoms with Gasteiger partial charge in [0, 0.05) is 6.07 Å². The number of nitrogens with two attached hydrogens (primary N) is 1. The fourth-order valence-corrected chi connectivity index (χ4v) is 0.434. The molecule has 0 spiro atoms. The standard InChI is InChI=1S/C5H6N2O/c6-7-3-1-2-5(8)4-7/h1-3,8H,6H2/q+1. The summed E-state index contributed by atoms with van der Waals surface area (Å²) >= 11 is 0. The van der Waals surface area contributed by atoms with Gasteiger partial charge in [-0.1, -0.05) is 4.68 Å². The molecule has 0 aliphatic heterocycles. The van der Waals surface area contributed by atoms with Gasteiger partial charge < -0.3 is 5.11 Å². The van der Waals surface area contributed by atoms with E-state index in [1.807, 2.05) is 0 Å². The van der Waals surface area contributed by atoms with Crippen LogP contribution in [0.3, 0.4) is 0 Å². The third-order valence-corrected chi connectivity index (χ3v) is 0.744. The lowest BCUT2D eigenvalue weighted by molar-refractivity contribution is -0.643. The molecule has 41 valence electrons. The highest BCUT2D eigenvalue weighted by molar-refractivity contribution is 5.07. The number of aromatic nitrogens is 1. The monoisotopic (exact) mass is 110 g/mol. The van der Waals surface area contributed by atoms with Crippen LogP contribution in [0, 0.1) is 6.20 Å². The molecule has 0 unspecified atom stereocenters. The molecule has 8 heavy (non-hydrogen) atoms. The second-order valence-electron chi connectivity index (χ2n) is 1.41. The van der Waals surface area contributed by atoms with Crippen molar-refractivity contribution >= 4 is 0 Å². The van der Waals surface area contributed by atoms with Crippen LogP contribution in [0.2, 0.25) is 0 Å². The Morgan fingerprint density at radius 1 is 1.75 bits per heavy atom. The summed E-state index contributed by atoms with van der Waals surface area (Å²) in [5.74, 6) is 5.21. The first-order valence-corrected chi connectivity index (χ1v) is 2.17. The number of pyridine rings is 1. The van der Waals surface area contributed by atoms with E-state index in [9.17, 15) is 0 Å². The average Bonchev–Trinajstić information content (AvgIpc) is 1.64. The minimum Gasteiger partial charge on any atom is -0.502 e. The summed E-state index contributed by atoms with van der Waals surface area (Å²) < 4.78 is 1.16. The fourth-order valence-electron chi connectivity index (χ4n) is 0.434. The third kappa shape index (κ3) is 0.872. The number of aromatic hydroxyl groups is 1. The molecular formula is C5H6N2O+. The van der Waals surface area contributed by atoms with Crippen LogP contribution < -0.4 is 10.5 Å². The highest BCUT2D eigenvalue weighted by atomic mass is 16.3. The molecule has 0 atom stereocenters. The number of rotatable bonds is 0. The Morgan fingerprint density at radius 3 is 2.88 bits per heavy atom. The Bertz CT molecular complexity index is 170. The van der Waals surface area contributed by atoms with Gasteiger partial charge in [0.05, 0.1) is 0 Å². The molecule has 1 rings (SSSR count). The Labute approximate surface area is 47.0 Å². The molecule has 0 bridgehead atoms. The molecule has 3 nitrogen and oxygen atoms in total. The predicted molar refractivity (Wildman–Crippen MR) is 27.3 cm³/mol. The van der Waals surface area contributed by atoms with Gasteiger partial charge in [-0.15, -0.1) is 0 Å². The van der Waals surface area contributed by atoms with Crippen LogP contribution in [-0.4, -0.2) is 5.11 Å². The maximum Gasteiger partial charge on any atom is 0.354 e. The maximum absolute atomic E-state index is 8.66. The van der Waals surface area contributed by atoms with Gasteiger partial charge in [-0.2, -0.15) is 0 Å². The molecule has 0 amide bonds. The van der Waals surface area contributed by atoms with Crippen LogP contribution in [0.4, 0.5) is 0 Å². The molecule has 0 fully saturated rings. The Kier molecular flexibility index (Phi) is 1.04. The van der Waals surface area contributed by atoms with E-state index in [1.165, 1.54) is 6.07 Å². The van der Waals surface area contributed by atoms with E-state index in [2.05, 4.69) is 6.20 Å². The van der Waals surface area contributed by atoms with Crippen molar-refractivity contribution in [2.45, 2.75) is 0 Å². The second-order valence-corrected chi connectivity index (χ2v) is 1.41. The molecule has 1 aromatic heterocycles. The van der Waals surface area contributed by atoms with E-state index in [1.54, 1.807) is 12.3 Å². The smallest absolute Gasteiger partial charge is 0.354 e. The minimum atomic E-state index is 0.0509. The van der Waals surface area contributed by atoms with Crippen molar-refractivity contribution in [1.82, 2.24) is 0 Å². The molecule has 3 heteroatoms. The van der Waals surface area contributed by atoms with Crippen LogP contribution in [-0.2, 0) is 0 Å². The predicted octanol–water partition coefficient (Wildman–Crippen LogP) is -0.806. The van der Waals surface area contributed by atoms with E-state index in [0.717, 1.165) is 4.68 Å². The molecular weight excluding hydrogens is 104 g/mol. The summed E-state index contributed by atoms with van der Waals surface area (Å²) in [4.78, 5) is 0. The average molecular weight is 110 g/mol. The molecule has 0 aliphatic carbocycles. The molecule has 1 heterocycles. The van der Waals surface area contributed by atoms with Gasteiger partial charge in [0.2, 0.25) is 0 Å². The lowest BCUT2D eigenvalue weighted by Gasteiger charge is -1.81. The number of nitrogen functional groups attached to an aromatic ring is 1. The van der Waals surface area contributed by atoms with Gasteiger partial charge in [0.15, 0.2) is 11.9 Å². The van der Waals surface area contributed by atoms with Crippen molar-refractivity contribution in [2.75, 3.05) is 5.84 Å². The molecule has 0 aliphatic rings. The van der Waals surface area contributed by atoms with Crippen LogP contribution in [0.15, 0.2) is 18.3 Å². The van der Waals surface area contributed by atoms with Gasteiger partial charge in [-0.25, -0.2) is 5.84 Å². The summed E-state index contributed by atoms with van der Waals surface area (Å²) in [6.07, 6.45) is 4.00. The number of nitrogens with zero attached hydrogens (tertiary/aromatic N) is 1. The van der Waals surface area contributed by atoms with Gasteiger partial charge in [-0.05, 0) is 6.07 Å². The normalized spacial score (nSPS) is 9.00. The molecule has 3 N–H and O–H groups in total. The zero-order valence-electron chi connectivity index (χ0n) is 4.20.